The fourth-order valence-electron chi connectivity index (χ4n) is 0.652. The van der Waals surface area contributed by atoms with E-state index in [-0.39, 0.29) is 0 Å². The standard InChI is InChI=1S/C8H19NOS/c1-2-3-5-10-6-8-11-7-4-9/h2-9H2,1H3. The monoisotopic (exact) mass is 177 g/mol. The minimum absolute atomic E-state index is 0.777. The van der Waals surface area contributed by atoms with E-state index in [0.717, 1.165) is 31.3 Å². The van der Waals surface area contributed by atoms with Crippen molar-refractivity contribution in [1.82, 2.24) is 0 Å². The van der Waals surface area contributed by atoms with Gasteiger partial charge in [-0.25, -0.2) is 0 Å². The maximum atomic E-state index is 5.36. The van der Waals surface area contributed by atoms with E-state index in [2.05, 4.69) is 6.92 Å². The van der Waals surface area contributed by atoms with Gasteiger partial charge >= 0.3 is 0 Å². The first-order valence-corrected chi connectivity index (χ1v) is 5.42. The van der Waals surface area contributed by atoms with Crippen molar-refractivity contribution in [3.05, 3.63) is 0 Å². The molecule has 0 radical (unpaired) electrons. The van der Waals surface area contributed by atoms with Crippen LogP contribution in [0.5, 0.6) is 0 Å². The Morgan fingerprint density at radius 3 is 2.73 bits per heavy atom. The maximum absolute atomic E-state index is 5.36. The molecule has 0 saturated heterocycles. The summed E-state index contributed by atoms with van der Waals surface area (Å²) < 4.78 is 5.36. The third-order valence-electron chi connectivity index (χ3n) is 1.28. The van der Waals surface area contributed by atoms with Crippen molar-refractivity contribution in [2.75, 3.05) is 31.3 Å². The molecule has 0 aliphatic heterocycles. The van der Waals surface area contributed by atoms with Crippen LogP contribution < -0.4 is 5.73 Å². The Morgan fingerprint density at radius 1 is 1.27 bits per heavy atom. The second-order valence-corrected chi connectivity index (χ2v) is 3.59. The van der Waals surface area contributed by atoms with Crippen LogP contribution in [0.15, 0.2) is 0 Å². The van der Waals surface area contributed by atoms with Gasteiger partial charge in [-0.05, 0) is 6.42 Å². The van der Waals surface area contributed by atoms with Gasteiger partial charge in [0, 0.05) is 24.7 Å². The summed E-state index contributed by atoms with van der Waals surface area (Å²) in [6.45, 7) is 4.75. The summed E-state index contributed by atoms with van der Waals surface area (Å²) in [5.74, 6) is 2.14. The molecule has 0 fully saturated rings. The molecule has 11 heavy (non-hydrogen) atoms. The molecule has 0 saturated carbocycles. The summed E-state index contributed by atoms with van der Waals surface area (Å²) in [5, 5.41) is 0. The third-order valence-corrected chi connectivity index (χ3v) is 2.26. The first-order chi connectivity index (χ1) is 5.41. The lowest BCUT2D eigenvalue weighted by molar-refractivity contribution is 0.147. The Bertz CT molecular complexity index is 63.1. The predicted molar refractivity (Wildman–Crippen MR) is 52.1 cm³/mol. The fourth-order valence-corrected chi connectivity index (χ4v) is 1.26. The second-order valence-electron chi connectivity index (χ2n) is 2.37. The number of hydrogen-bond donors (Lipinski definition) is 1. The zero-order chi connectivity index (χ0) is 8.36. The van der Waals surface area contributed by atoms with Gasteiger partial charge in [0.2, 0.25) is 0 Å². The topological polar surface area (TPSA) is 35.2 Å². The molecule has 0 atom stereocenters. The number of nitrogens with two attached hydrogens (primary N) is 1. The molecule has 68 valence electrons. The van der Waals surface area contributed by atoms with Gasteiger partial charge in [0.05, 0.1) is 6.61 Å². The fraction of sp³-hybridized carbons (Fsp3) is 1.00. The lowest BCUT2D eigenvalue weighted by Crippen LogP contribution is -2.04. The molecule has 0 rings (SSSR count). The SMILES string of the molecule is CCCCOCCSCCN. The van der Waals surface area contributed by atoms with Gasteiger partial charge in [-0.2, -0.15) is 11.8 Å². The lowest BCUT2D eigenvalue weighted by atomic mass is 10.4. The number of ether oxygens (including phenoxy) is 1. The van der Waals surface area contributed by atoms with Crippen molar-refractivity contribution < 1.29 is 4.74 Å². The molecule has 0 aliphatic carbocycles. The van der Waals surface area contributed by atoms with Crippen LogP contribution in [0.3, 0.4) is 0 Å². The Morgan fingerprint density at radius 2 is 2.09 bits per heavy atom. The molecule has 0 spiro atoms. The average molecular weight is 177 g/mol. The summed E-state index contributed by atoms with van der Waals surface area (Å²) in [7, 11) is 0. The molecule has 0 aromatic carbocycles. The molecule has 0 aromatic rings. The van der Waals surface area contributed by atoms with E-state index in [1.165, 1.54) is 12.8 Å². The molecular weight excluding hydrogens is 158 g/mol. The van der Waals surface area contributed by atoms with Crippen LogP contribution in [0.4, 0.5) is 0 Å². The van der Waals surface area contributed by atoms with Crippen LogP contribution in [-0.4, -0.2) is 31.3 Å². The molecule has 0 amide bonds. The quantitative estimate of drug-likeness (QED) is 0.571. The van der Waals surface area contributed by atoms with Gasteiger partial charge in [-0.15, -0.1) is 0 Å². The van der Waals surface area contributed by atoms with Gasteiger partial charge in [0.1, 0.15) is 0 Å². The normalized spacial score (nSPS) is 10.4. The molecule has 0 heterocycles. The van der Waals surface area contributed by atoms with Gasteiger partial charge in [-0.1, -0.05) is 13.3 Å². The summed E-state index contributed by atoms with van der Waals surface area (Å²) >= 11 is 1.86. The number of unbranched alkanes of at least 4 members (excludes halogenated alkanes) is 1. The second kappa shape index (κ2) is 10.3. The lowest BCUT2D eigenvalue weighted by Gasteiger charge is -2.01. The Labute approximate surface area is 73.9 Å². The molecule has 3 heteroatoms. The molecule has 2 N–H and O–H groups in total. The highest BCUT2D eigenvalue weighted by Crippen LogP contribution is 1.97. The van der Waals surface area contributed by atoms with E-state index in [9.17, 15) is 0 Å². The molecule has 0 aliphatic rings. The van der Waals surface area contributed by atoms with Crippen LogP contribution in [0.25, 0.3) is 0 Å². The molecule has 0 bridgehead atoms. The molecule has 0 unspecified atom stereocenters. The van der Waals surface area contributed by atoms with Gasteiger partial charge in [0.25, 0.3) is 0 Å². The molecule has 2 nitrogen and oxygen atoms in total. The van der Waals surface area contributed by atoms with Crippen molar-refractivity contribution in [2.24, 2.45) is 5.73 Å². The highest BCUT2D eigenvalue weighted by atomic mass is 32.2. The molecular formula is C8H19NOS. The highest BCUT2D eigenvalue weighted by Gasteiger charge is 1.88. The van der Waals surface area contributed by atoms with E-state index >= 15 is 0 Å². The van der Waals surface area contributed by atoms with Crippen LogP contribution >= 0.6 is 11.8 Å². The van der Waals surface area contributed by atoms with Crippen molar-refractivity contribution in [2.45, 2.75) is 19.8 Å². The van der Waals surface area contributed by atoms with Crippen molar-refractivity contribution in [3.63, 3.8) is 0 Å². The zero-order valence-electron chi connectivity index (χ0n) is 7.34. The minimum atomic E-state index is 0.777. The van der Waals surface area contributed by atoms with Crippen molar-refractivity contribution in [3.8, 4) is 0 Å². The van der Waals surface area contributed by atoms with Crippen LogP contribution in [-0.2, 0) is 4.74 Å². The summed E-state index contributed by atoms with van der Waals surface area (Å²) in [4.78, 5) is 0. The number of hydrogen-bond acceptors (Lipinski definition) is 3. The zero-order valence-corrected chi connectivity index (χ0v) is 8.16. The first kappa shape index (κ1) is 11.3. The van der Waals surface area contributed by atoms with E-state index in [1.807, 2.05) is 11.8 Å². The summed E-state index contributed by atoms with van der Waals surface area (Å²) in [5.41, 5.74) is 5.33. The van der Waals surface area contributed by atoms with Crippen LogP contribution in [0.2, 0.25) is 0 Å². The Kier molecular flexibility index (Phi) is 10.5. The van der Waals surface area contributed by atoms with Gasteiger partial charge < -0.3 is 10.5 Å². The number of thioether (sulfide) groups is 1. The summed E-state index contributed by atoms with van der Waals surface area (Å²) in [6, 6.07) is 0. The highest BCUT2D eigenvalue weighted by molar-refractivity contribution is 7.99. The number of rotatable bonds is 8. The van der Waals surface area contributed by atoms with Crippen LogP contribution in [0.1, 0.15) is 19.8 Å². The largest absolute Gasteiger partial charge is 0.381 e. The van der Waals surface area contributed by atoms with Crippen molar-refractivity contribution >= 4 is 11.8 Å². The summed E-state index contributed by atoms with van der Waals surface area (Å²) in [6.07, 6.45) is 2.40. The third kappa shape index (κ3) is 10.3. The van der Waals surface area contributed by atoms with Gasteiger partial charge in [0.15, 0.2) is 0 Å². The average Bonchev–Trinajstić information content (AvgIpc) is 2.03. The van der Waals surface area contributed by atoms with E-state index in [4.69, 9.17) is 10.5 Å². The Balaban J connectivity index is 2.69. The maximum Gasteiger partial charge on any atom is 0.0556 e. The predicted octanol–water partition coefficient (Wildman–Crippen LogP) is 1.50. The van der Waals surface area contributed by atoms with Crippen molar-refractivity contribution in [1.29, 1.82) is 0 Å². The Hall–Kier alpha value is 0.270. The first-order valence-electron chi connectivity index (χ1n) is 4.27. The van der Waals surface area contributed by atoms with Crippen LogP contribution in [0, 0.1) is 0 Å². The van der Waals surface area contributed by atoms with E-state index < -0.39 is 0 Å². The smallest absolute Gasteiger partial charge is 0.0556 e. The van der Waals surface area contributed by atoms with E-state index in [1.54, 1.807) is 0 Å². The van der Waals surface area contributed by atoms with E-state index in [0.29, 0.717) is 0 Å². The molecule has 0 aromatic heterocycles. The minimum Gasteiger partial charge on any atom is -0.381 e. The van der Waals surface area contributed by atoms with Gasteiger partial charge in [-0.3, -0.25) is 0 Å².